The van der Waals surface area contributed by atoms with Crippen LogP contribution in [0.25, 0.3) is 0 Å². The molecule has 1 nitrogen and oxygen atoms in total. The average molecular weight is 241 g/mol. The van der Waals surface area contributed by atoms with E-state index < -0.39 is 0 Å². The van der Waals surface area contributed by atoms with E-state index in [1.54, 1.807) is 0 Å². The van der Waals surface area contributed by atoms with Crippen LogP contribution in [-0.2, 0) is 0 Å². The standard InChI is InChI=1S/C14H27NS/c1-12-14(10-7-11-16-12)15-13-8-5-3-2-4-6-9-13/h12-15H,2-11H2,1H3. The lowest BCUT2D eigenvalue weighted by Gasteiger charge is -2.33. The first-order valence-electron chi connectivity index (χ1n) is 7.24. The molecule has 1 aliphatic carbocycles. The molecule has 0 aromatic heterocycles. The van der Waals surface area contributed by atoms with Gasteiger partial charge in [-0.1, -0.05) is 39.0 Å². The SMILES string of the molecule is CC1SCCCC1NC1CCCCCCC1. The Hall–Kier alpha value is 0.310. The number of nitrogens with one attached hydrogen (secondary N) is 1. The molecule has 1 saturated carbocycles. The van der Waals surface area contributed by atoms with Crippen molar-refractivity contribution in [1.82, 2.24) is 5.32 Å². The fourth-order valence-electron chi connectivity index (χ4n) is 3.07. The fourth-order valence-corrected chi connectivity index (χ4v) is 4.22. The van der Waals surface area contributed by atoms with Crippen molar-refractivity contribution in [3.8, 4) is 0 Å². The van der Waals surface area contributed by atoms with Crippen LogP contribution in [0, 0.1) is 0 Å². The van der Waals surface area contributed by atoms with E-state index in [9.17, 15) is 0 Å². The Labute approximate surface area is 105 Å². The van der Waals surface area contributed by atoms with Gasteiger partial charge in [-0.3, -0.25) is 0 Å². The second-order valence-electron chi connectivity index (χ2n) is 5.53. The van der Waals surface area contributed by atoms with Crippen LogP contribution >= 0.6 is 11.8 Å². The Morgan fingerprint density at radius 2 is 1.56 bits per heavy atom. The number of hydrogen-bond acceptors (Lipinski definition) is 2. The molecule has 2 rings (SSSR count). The Morgan fingerprint density at radius 1 is 0.875 bits per heavy atom. The van der Waals surface area contributed by atoms with Crippen molar-refractivity contribution in [2.24, 2.45) is 0 Å². The second-order valence-corrected chi connectivity index (χ2v) is 7.02. The van der Waals surface area contributed by atoms with Gasteiger partial charge in [0.25, 0.3) is 0 Å². The van der Waals surface area contributed by atoms with Crippen LogP contribution in [0.2, 0.25) is 0 Å². The van der Waals surface area contributed by atoms with E-state index in [-0.39, 0.29) is 0 Å². The van der Waals surface area contributed by atoms with Crippen molar-refractivity contribution in [3.63, 3.8) is 0 Å². The topological polar surface area (TPSA) is 12.0 Å². The summed E-state index contributed by atoms with van der Waals surface area (Å²) in [6.45, 7) is 2.41. The predicted molar refractivity (Wildman–Crippen MR) is 74.2 cm³/mol. The molecule has 94 valence electrons. The third-order valence-corrected chi connectivity index (χ3v) is 5.54. The van der Waals surface area contributed by atoms with Gasteiger partial charge < -0.3 is 5.32 Å². The first kappa shape index (κ1) is 12.8. The van der Waals surface area contributed by atoms with E-state index in [2.05, 4.69) is 24.0 Å². The average Bonchev–Trinajstić information content (AvgIpc) is 2.24. The maximum Gasteiger partial charge on any atom is 0.0186 e. The van der Waals surface area contributed by atoms with E-state index in [0.717, 1.165) is 17.3 Å². The quantitative estimate of drug-likeness (QED) is 0.785. The molecule has 2 fully saturated rings. The first-order chi connectivity index (χ1) is 7.86. The van der Waals surface area contributed by atoms with Gasteiger partial charge in [-0.15, -0.1) is 0 Å². The third kappa shape index (κ3) is 3.96. The van der Waals surface area contributed by atoms with Crippen LogP contribution in [0.1, 0.15) is 64.7 Å². The van der Waals surface area contributed by atoms with Gasteiger partial charge in [0.15, 0.2) is 0 Å². The van der Waals surface area contributed by atoms with Crippen molar-refractivity contribution < 1.29 is 0 Å². The molecule has 1 saturated heterocycles. The molecule has 0 bridgehead atoms. The summed E-state index contributed by atoms with van der Waals surface area (Å²) in [6.07, 6.45) is 13.0. The highest BCUT2D eigenvalue weighted by Crippen LogP contribution is 2.27. The molecule has 0 spiro atoms. The summed E-state index contributed by atoms with van der Waals surface area (Å²) >= 11 is 2.16. The third-order valence-electron chi connectivity index (χ3n) is 4.16. The minimum atomic E-state index is 0.795. The highest BCUT2D eigenvalue weighted by Gasteiger charge is 2.24. The van der Waals surface area contributed by atoms with Crippen LogP contribution in [0.5, 0.6) is 0 Å². The predicted octanol–water partition coefficient (Wildman–Crippen LogP) is 3.97. The Kier molecular flexibility index (Phi) is 5.51. The molecule has 16 heavy (non-hydrogen) atoms. The zero-order chi connectivity index (χ0) is 11.2. The normalized spacial score (nSPS) is 34.3. The Morgan fingerprint density at radius 3 is 2.25 bits per heavy atom. The summed E-state index contributed by atoms with van der Waals surface area (Å²) in [5.74, 6) is 1.38. The van der Waals surface area contributed by atoms with Gasteiger partial charge in [0.2, 0.25) is 0 Å². The Bertz CT molecular complexity index is 187. The van der Waals surface area contributed by atoms with Gasteiger partial charge >= 0.3 is 0 Å². The molecule has 0 aromatic rings. The van der Waals surface area contributed by atoms with E-state index >= 15 is 0 Å². The maximum absolute atomic E-state index is 3.95. The molecule has 0 aromatic carbocycles. The molecule has 1 N–H and O–H groups in total. The molecule has 1 heterocycles. The van der Waals surface area contributed by atoms with Gasteiger partial charge in [-0.25, -0.2) is 0 Å². The number of hydrogen-bond donors (Lipinski definition) is 1. The minimum Gasteiger partial charge on any atom is -0.310 e. The van der Waals surface area contributed by atoms with Crippen molar-refractivity contribution in [3.05, 3.63) is 0 Å². The van der Waals surface area contributed by atoms with Gasteiger partial charge in [0.1, 0.15) is 0 Å². The molecule has 0 amide bonds. The largest absolute Gasteiger partial charge is 0.310 e. The van der Waals surface area contributed by atoms with Gasteiger partial charge in [-0.2, -0.15) is 11.8 Å². The summed E-state index contributed by atoms with van der Waals surface area (Å²) in [6, 6.07) is 1.62. The fraction of sp³-hybridized carbons (Fsp3) is 1.00. The highest BCUT2D eigenvalue weighted by atomic mass is 32.2. The highest BCUT2D eigenvalue weighted by molar-refractivity contribution is 7.99. The Balaban J connectivity index is 1.77. The second kappa shape index (κ2) is 6.90. The lowest BCUT2D eigenvalue weighted by Crippen LogP contribution is -2.45. The minimum absolute atomic E-state index is 0.795. The summed E-state index contributed by atoms with van der Waals surface area (Å²) < 4.78 is 0. The molecule has 1 aliphatic heterocycles. The van der Waals surface area contributed by atoms with Crippen molar-refractivity contribution in [2.75, 3.05) is 5.75 Å². The smallest absolute Gasteiger partial charge is 0.0186 e. The molecule has 2 atom stereocenters. The summed E-state index contributed by atoms with van der Waals surface area (Å²) in [4.78, 5) is 0. The lowest BCUT2D eigenvalue weighted by atomic mass is 9.95. The number of rotatable bonds is 2. The van der Waals surface area contributed by atoms with E-state index in [4.69, 9.17) is 0 Å². The molecule has 0 radical (unpaired) electrons. The summed E-state index contributed by atoms with van der Waals surface area (Å²) in [7, 11) is 0. The van der Waals surface area contributed by atoms with Crippen molar-refractivity contribution in [1.29, 1.82) is 0 Å². The zero-order valence-electron chi connectivity index (χ0n) is 10.7. The monoisotopic (exact) mass is 241 g/mol. The van der Waals surface area contributed by atoms with Crippen molar-refractivity contribution >= 4 is 11.8 Å². The molecule has 2 unspecified atom stereocenters. The van der Waals surface area contributed by atoms with Gasteiger partial charge in [0.05, 0.1) is 0 Å². The van der Waals surface area contributed by atoms with Crippen LogP contribution in [0.3, 0.4) is 0 Å². The summed E-state index contributed by atoms with van der Waals surface area (Å²) in [5.41, 5.74) is 0. The van der Waals surface area contributed by atoms with E-state index in [1.807, 2.05) is 0 Å². The molecular weight excluding hydrogens is 214 g/mol. The molecule has 2 aliphatic rings. The van der Waals surface area contributed by atoms with E-state index in [1.165, 1.54) is 63.5 Å². The van der Waals surface area contributed by atoms with E-state index in [0.29, 0.717) is 0 Å². The lowest BCUT2D eigenvalue weighted by molar-refractivity contribution is 0.335. The van der Waals surface area contributed by atoms with Crippen LogP contribution < -0.4 is 5.32 Å². The summed E-state index contributed by atoms with van der Waals surface area (Å²) in [5, 5.41) is 4.79. The van der Waals surface area contributed by atoms with Crippen LogP contribution in [-0.4, -0.2) is 23.1 Å². The first-order valence-corrected chi connectivity index (χ1v) is 8.29. The molecule has 2 heteroatoms. The molecular formula is C14H27NS. The number of thioether (sulfide) groups is 1. The van der Waals surface area contributed by atoms with Crippen LogP contribution in [0.4, 0.5) is 0 Å². The zero-order valence-corrected chi connectivity index (χ0v) is 11.5. The van der Waals surface area contributed by atoms with Gasteiger partial charge in [-0.05, 0) is 31.4 Å². The van der Waals surface area contributed by atoms with Gasteiger partial charge in [0, 0.05) is 17.3 Å². The van der Waals surface area contributed by atoms with Crippen LogP contribution in [0.15, 0.2) is 0 Å². The maximum atomic E-state index is 3.95. The van der Waals surface area contributed by atoms with Crippen molar-refractivity contribution in [2.45, 2.75) is 82.0 Å².